The third kappa shape index (κ3) is 2.25. The van der Waals surface area contributed by atoms with Crippen molar-refractivity contribution >= 4 is 15.9 Å². The second-order valence-corrected chi connectivity index (χ2v) is 4.07. The Morgan fingerprint density at radius 3 is 2.79 bits per heavy atom. The van der Waals surface area contributed by atoms with Crippen LogP contribution >= 0.6 is 15.9 Å². The van der Waals surface area contributed by atoms with Gasteiger partial charge in [0, 0.05) is 5.56 Å². The summed E-state index contributed by atoms with van der Waals surface area (Å²) in [6.07, 6.45) is 0.693. The van der Waals surface area contributed by atoms with Gasteiger partial charge in [0.15, 0.2) is 0 Å². The summed E-state index contributed by atoms with van der Waals surface area (Å²) in [6, 6.07) is 2.60. The van der Waals surface area contributed by atoms with Crippen LogP contribution in [0.25, 0.3) is 0 Å². The highest BCUT2D eigenvalue weighted by molar-refractivity contribution is 9.10. The summed E-state index contributed by atoms with van der Waals surface area (Å²) in [7, 11) is 0. The molecular weight excluding hydrogens is 249 g/mol. The molecule has 4 heteroatoms. The molecule has 0 fully saturated rings. The fourth-order valence-electron chi connectivity index (χ4n) is 1.40. The first-order valence-corrected chi connectivity index (χ1v) is 5.24. The highest BCUT2D eigenvalue weighted by Gasteiger charge is 2.16. The van der Waals surface area contributed by atoms with Gasteiger partial charge in [-0.2, -0.15) is 0 Å². The largest absolute Gasteiger partial charge is 0.507 e. The van der Waals surface area contributed by atoms with E-state index in [0.29, 0.717) is 23.0 Å². The van der Waals surface area contributed by atoms with E-state index in [1.165, 1.54) is 12.1 Å². The molecule has 0 aliphatic rings. The predicted molar refractivity (Wildman–Crippen MR) is 57.9 cm³/mol. The van der Waals surface area contributed by atoms with Crippen LogP contribution in [0.15, 0.2) is 16.6 Å². The molecule has 1 aromatic carbocycles. The lowest BCUT2D eigenvalue weighted by Crippen LogP contribution is -2.06. The van der Waals surface area contributed by atoms with E-state index in [1.807, 2.05) is 6.92 Å². The lowest BCUT2D eigenvalue weighted by atomic mass is 9.97. The van der Waals surface area contributed by atoms with E-state index in [4.69, 9.17) is 5.73 Å². The predicted octanol–water partition coefficient (Wildman–Crippen LogP) is 2.75. The first-order valence-electron chi connectivity index (χ1n) is 4.44. The van der Waals surface area contributed by atoms with Crippen molar-refractivity contribution in [1.29, 1.82) is 0 Å². The van der Waals surface area contributed by atoms with E-state index in [2.05, 4.69) is 15.9 Å². The SMILES string of the molecule is CC(CCN)c1c(F)ccc(O)c1Br. The van der Waals surface area contributed by atoms with Gasteiger partial charge in [-0.05, 0) is 46.9 Å². The van der Waals surface area contributed by atoms with Crippen molar-refractivity contribution in [2.75, 3.05) is 6.54 Å². The molecule has 2 nitrogen and oxygen atoms in total. The van der Waals surface area contributed by atoms with Gasteiger partial charge in [-0.3, -0.25) is 0 Å². The van der Waals surface area contributed by atoms with Crippen LogP contribution in [0.1, 0.15) is 24.8 Å². The monoisotopic (exact) mass is 261 g/mol. The molecule has 0 amide bonds. The van der Waals surface area contributed by atoms with Gasteiger partial charge in [0.25, 0.3) is 0 Å². The van der Waals surface area contributed by atoms with Crippen LogP contribution in [0.3, 0.4) is 0 Å². The second kappa shape index (κ2) is 4.75. The standard InChI is InChI=1S/C10H13BrFNO/c1-6(4-5-13)9-7(12)2-3-8(14)10(9)11/h2-3,6,14H,4-5,13H2,1H3. The van der Waals surface area contributed by atoms with Crippen molar-refractivity contribution in [3.8, 4) is 5.75 Å². The Morgan fingerprint density at radius 2 is 2.21 bits per heavy atom. The number of nitrogens with two attached hydrogens (primary N) is 1. The maximum atomic E-state index is 13.4. The summed E-state index contributed by atoms with van der Waals surface area (Å²) in [5.41, 5.74) is 5.90. The molecule has 0 radical (unpaired) electrons. The van der Waals surface area contributed by atoms with E-state index in [-0.39, 0.29) is 17.5 Å². The van der Waals surface area contributed by atoms with E-state index in [0.717, 1.165) is 0 Å². The number of phenolic OH excluding ortho intramolecular Hbond substituents is 1. The van der Waals surface area contributed by atoms with Crippen LogP contribution in [0.2, 0.25) is 0 Å². The molecule has 78 valence electrons. The Hall–Kier alpha value is -0.610. The minimum Gasteiger partial charge on any atom is -0.507 e. The van der Waals surface area contributed by atoms with Crippen molar-refractivity contribution in [1.82, 2.24) is 0 Å². The van der Waals surface area contributed by atoms with Crippen LogP contribution in [-0.4, -0.2) is 11.7 Å². The quantitative estimate of drug-likeness (QED) is 0.879. The van der Waals surface area contributed by atoms with Gasteiger partial charge in [-0.1, -0.05) is 6.92 Å². The Labute approximate surface area is 91.1 Å². The summed E-state index contributed by atoms with van der Waals surface area (Å²) in [5.74, 6) is -0.248. The zero-order valence-electron chi connectivity index (χ0n) is 7.93. The number of hydrogen-bond donors (Lipinski definition) is 2. The van der Waals surface area contributed by atoms with Crippen molar-refractivity contribution in [2.24, 2.45) is 5.73 Å². The third-order valence-corrected chi connectivity index (χ3v) is 3.03. The fraction of sp³-hybridized carbons (Fsp3) is 0.400. The Morgan fingerprint density at radius 1 is 1.57 bits per heavy atom. The average molecular weight is 262 g/mol. The molecule has 0 aliphatic heterocycles. The molecule has 0 saturated carbocycles. The molecule has 1 rings (SSSR count). The molecule has 1 atom stereocenters. The maximum Gasteiger partial charge on any atom is 0.130 e. The smallest absolute Gasteiger partial charge is 0.130 e. The Bertz CT molecular complexity index is 330. The van der Waals surface area contributed by atoms with Crippen LogP contribution < -0.4 is 5.73 Å². The highest BCUT2D eigenvalue weighted by atomic mass is 79.9. The van der Waals surface area contributed by atoms with Crippen LogP contribution in [-0.2, 0) is 0 Å². The van der Waals surface area contributed by atoms with Crippen molar-refractivity contribution in [3.05, 3.63) is 28.0 Å². The molecule has 1 aromatic rings. The van der Waals surface area contributed by atoms with Crippen LogP contribution in [0.4, 0.5) is 4.39 Å². The lowest BCUT2D eigenvalue weighted by molar-refractivity contribution is 0.464. The Kier molecular flexibility index (Phi) is 3.89. The topological polar surface area (TPSA) is 46.2 Å². The lowest BCUT2D eigenvalue weighted by Gasteiger charge is -2.14. The summed E-state index contributed by atoms with van der Waals surface area (Å²) < 4.78 is 13.9. The van der Waals surface area contributed by atoms with E-state index < -0.39 is 0 Å². The number of aromatic hydroxyl groups is 1. The Balaban J connectivity index is 3.11. The van der Waals surface area contributed by atoms with Gasteiger partial charge < -0.3 is 10.8 Å². The van der Waals surface area contributed by atoms with Gasteiger partial charge in [0.2, 0.25) is 0 Å². The van der Waals surface area contributed by atoms with E-state index in [1.54, 1.807) is 0 Å². The zero-order chi connectivity index (χ0) is 10.7. The van der Waals surface area contributed by atoms with Gasteiger partial charge in [0.1, 0.15) is 11.6 Å². The van der Waals surface area contributed by atoms with Gasteiger partial charge in [0.05, 0.1) is 4.47 Å². The molecule has 3 N–H and O–H groups in total. The number of hydrogen-bond acceptors (Lipinski definition) is 2. The minimum absolute atomic E-state index is 0.00137. The minimum atomic E-state index is -0.310. The van der Waals surface area contributed by atoms with Crippen LogP contribution in [0, 0.1) is 5.82 Å². The van der Waals surface area contributed by atoms with E-state index >= 15 is 0 Å². The van der Waals surface area contributed by atoms with Crippen molar-refractivity contribution in [2.45, 2.75) is 19.3 Å². The number of benzene rings is 1. The molecule has 0 bridgehead atoms. The normalized spacial score (nSPS) is 12.9. The molecule has 1 unspecified atom stereocenters. The van der Waals surface area contributed by atoms with Crippen molar-refractivity contribution < 1.29 is 9.50 Å². The summed E-state index contributed by atoms with van der Waals surface area (Å²) in [4.78, 5) is 0. The summed E-state index contributed by atoms with van der Waals surface area (Å²) in [5, 5.41) is 9.40. The molecule has 0 saturated heterocycles. The molecular formula is C10H13BrFNO. The van der Waals surface area contributed by atoms with Crippen molar-refractivity contribution in [3.63, 3.8) is 0 Å². The maximum absolute atomic E-state index is 13.4. The number of halogens is 2. The highest BCUT2D eigenvalue weighted by Crippen LogP contribution is 2.35. The average Bonchev–Trinajstić information content (AvgIpc) is 2.13. The third-order valence-electron chi connectivity index (χ3n) is 2.20. The second-order valence-electron chi connectivity index (χ2n) is 3.27. The molecule has 0 heterocycles. The first kappa shape index (κ1) is 11.5. The fourth-order valence-corrected chi connectivity index (χ4v) is 2.12. The molecule has 0 spiro atoms. The molecule has 0 aliphatic carbocycles. The number of rotatable bonds is 3. The molecule has 0 aromatic heterocycles. The first-order chi connectivity index (χ1) is 6.57. The zero-order valence-corrected chi connectivity index (χ0v) is 9.51. The summed E-state index contributed by atoms with van der Waals surface area (Å²) >= 11 is 3.17. The van der Waals surface area contributed by atoms with Crippen LogP contribution in [0.5, 0.6) is 5.75 Å². The van der Waals surface area contributed by atoms with E-state index in [9.17, 15) is 9.50 Å². The molecule has 14 heavy (non-hydrogen) atoms. The van der Waals surface area contributed by atoms with Gasteiger partial charge >= 0.3 is 0 Å². The number of phenols is 1. The van der Waals surface area contributed by atoms with Gasteiger partial charge in [-0.15, -0.1) is 0 Å². The van der Waals surface area contributed by atoms with Gasteiger partial charge in [-0.25, -0.2) is 4.39 Å². The summed E-state index contributed by atoms with van der Waals surface area (Å²) in [6.45, 7) is 2.39.